The first-order valence-corrected chi connectivity index (χ1v) is 8.77. The van der Waals surface area contributed by atoms with Crippen molar-refractivity contribution in [3.63, 3.8) is 0 Å². The molecule has 2 rings (SSSR count). The molecule has 1 amide bonds. The van der Waals surface area contributed by atoms with E-state index in [1.807, 2.05) is 20.8 Å². The van der Waals surface area contributed by atoms with Crippen molar-refractivity contribution in [2.75, 3.05) is 13.7 Å². The Morgan fingerprint density at radius 3 is 2.65 bits per heavy atom. The number of likely N-dealkylation sites (N-methyl/N-ethyl adjacent to an activating group) is 1. The van der Waals surface area contributed by atoms with Crippen molar-refractivity contribution in [3.8, 4) is 11.5 Å². The van der Waals surface area contributed by atoms with Gasteiger partial charge < -0.3 is 9.47 Å². The lowest BCUT2D eigenvalue weighted by Gasteiger charge is -2.15. The Balaban J connectivity index is 2.38. The van der Waals surface area contributed by atoms with Crippen LogP contribution in [0.15, 0.2) is 17.0 Å². The summed E-state index contributed by atoms with van der Waals surface area (Å²) in [6.45, 7) is 6.29. The second kappa shape index (κ2) is 7.55. The number of benzene rings is 1. The molecule has 7 heteroatoms. The zero-order chi connectivity index (χ0) is 17.1. The number of ether oxygens (including phenoxy) is 2. The summed E-state index contributed by atoms with van der Waals surface area (Å²) < 4.78 is 11.6. The van der Waals surface area contributed by atoms with E-state index in [2.05, 4.69) is 0 Å². The third-order valence-corrected chi connectivity index (χ3v) is 4.75. The van der Waals surface area contributed by atoms with Crippen LogP contribution in [0.25, 0.3) is 6.08 Å². The molecule has 0 unspecified atom stereocenters. The monoisotopic (exact) mass is 371 g/mol. The van der Waals surface area contributed by atoms with E-state index < -0.39 is 0 Å². The molecule has 0 bridgehead atoms. The molecular formula is C16H18ClNO3S2. The predicted molar refractivity (Wildman–Crippen MR) is 99.3 cm³/mol. The highest BCUT2D eigenvalue weighted by Crippen LogP contribution is 2.39. The van der Waals surface area contributed by atoms with E-state index in [0.29, 0.717) is 32.3 Å². The fraction of sp³-hybridized carbons (Fsp3) is 0.375. The Morgan fingerprint density at radius 2 is 2.13 bits per heavy atom. The lowest BCUT2D eigenvalue weighted by atomic mass is 10.1. The number of thiocarbonyl (C=S) groups is 1. The summed E-state index contributed by atoms with van der Waals surface area (Å²) in [7, 11) is 1.55. The van der Waals surface area contributed by atoms with Crippen LogP contribution in [0.5, 0.6) is 11.5 Å². The first kappa shape index (κ1) is 18.1. The maximum absolute atomic E-state index is 12.3. The third-order valence-electron chi connectivity index (χ3n) is 3.09. The second-order valence-electron chi connectivity index (χ2n) is 5.13. The van der Waals surface area contributed by atoms with Gasteiger partial charge in [-0.2, -0.15) is 0 Å². The maximum atomic E-state index is 12.3. The van der Waals surface area contributed by atoms with Crippen LogP contribution < -0.4 is 9.47 Å². The number of amides is 1. The Labute approximate surface area is 150 Å². The summed E-state index contributed by atoms with van der Waals surface area (Å²) >= 11 is 12.8. The van der Waals surface area contributed by atoms with Crippen LogP contribution in [0.1, 0.15) is 26.3 Å². The largest absolute Gasteiger partial charge is 0.493 e. The Bertz CT molecular complexity index is 674. The fourth-order valence-electron chi connectivity index (χ4n) is 2.10. The quantitative estimate of drug-likeness (QED) is 0.568. The van der Waals surface area contributed by atoms with Gasteiger partial charge in [0.2, 0.25) is 0 Å². The van der Waals surface area contributed by atoms with Crippen LogP contribution in [0, 0.1) is 0 Å². The van der Waals surface area contributed by atoms with E-state index in [1.165, 1.54) is 11.8 Å². The lowest BCUT2D eigenvalue weighted by molar-refractivity contribution is -0.121. The molecule has 4 nitrogen and oxygen atoms in total. The topological polar surface area (TPSA) is 38.8 Å². The average Bonchev–Trinajstić information content (AvgIpc) is 2.75. The molecular weight excluding hydrogens is 354 g/mol. The van der Waals surface area contributed by atoms with Gasteiger partial charge >= 0.3 is 0 Å². The van der Waals surface area contributed by atoms with Crippen LogP contribution >= 0.6 is 35.6 Å². The van der Waals surface area contributed by atoms with Gasteiger partial charge in [0, 0.05) is 6.54 Å². The number of thioether (sulfide) groups is 1. The zero-order valence-electron chi connectivity index (χ0n) is 13.4. The third kappa shape index (κ3) is 4.00. The normalized spacial score (nSPS) is 16.6. The van der Waals surface area contributed by atoms with E-state index in [0.717, 1.165) is 5.56 Å². The number of hydrogen-bond donors (Lipinski definition) is 0. The van der Waals surface area contributed by atoms with Crippen molar-refractivity contribution in [2.45, 2.75) is 26.9 Å². The molecule has 1 saturated heterocycles. The molecule has 0 atom stereocenters. The van der Waals surface area contributed by atoms with Gasteiger partial charge in [0.25, 0.3) is 5.91 Å². The molecule has 1 fully saturated rings. The molecule has 1 aromatic rings. The maximum Gasteiger partial charge on any atom is 0.266 e. The molecule has 1 heterocycles. The minimum atomic E-state index is -0.0832. The number of halogens is 1. The highest BCUT2D eigenvalue weighted by Gasteiger charge is 2.30. The molecule has 0 aliphatic carbocycles. The molecule has 1 aliphatic rings. The van der Waals surface area contributed by atoms with E-state index in [-0.39, 0.29) is 12.0 Å². The summed E-state index contributed by atoms with van der Waals surface area (Å²) in [6.07, 6.45) is 1.75. The van der Waals surface area contributed by atoms with E-state index in [4.69, 9.17) is 33.3 Å². The van der Waals surface area contributed by atoms with Gasteiger partial charge in [-0.25, -0.2) is 0 Å². The smallest absolute Gasteiger partial charge is 0.266 e. The number of hydrogen-bond acceptors (Lipinski definition) is 5. The molecule has 23 heavy (non-hydrogen) atoms. The van der Waals surface area contributed by atoms with Crippen molar-refractivity contribution in [1.29, 1.82) is 0 Å². The fourth-order valence-corrected chi connectivity index (χ4v) is 3.75. The van der Waals surface area contributed by atoms with Gasteiger partial charge in [-0.15, -0.1) is 0 Å². The van der Waals surface area contributed by atoms with Gasteiger partial charge in [-0.3, -0.25) is 9.69 Å². The Hall–Kier alpha value is -1.24. The zero-order valence-corrected chi connectivity index (χ0v) is 15.8. The minimum Gasteiger partial charge on any atom is -0.493 e. The average molecular weight is 372 g/mol. The summed E-state index contributed by atoms with van der Waals surface area (Å²) in [5, 5.41) is 0.440. The van der Waals surface area contributed by atoms with Gasteiger partial charge in [-0.1, -0.05) is 35.6 Å². The van der Waals surface area contributed by atoms with Crippen molar-refractivity contribution in [1.82, 2.24) is 4.90 Å². The van der Waals surface area contributed by atoms with Gasteiger partial charge in [-0.05, 0) is 44.5 Å². The van der Waals surface area contributed by atoms with Crippen LogP contribution in [0.4, 0.5) is 0 Å². The highest BCUT2D eigenvalue weighted by molar-refractivity contribution is 8.26. The van der Waals surface area contributed by atoms with Gasteiger partial charge in [0.1, 0.15) is 4.32 Å². The molecule has 124 valence electrons. The summed E-state index contributed by atoms with van der Waals surface area (Å²) in [5.74, 6) is 0.950. The Morgan fingerprint density at radius 1 is 1.43 bits per heavy atom. The van der Waals surface area contributed by atoms with Crippen molar-refractivity contribution < 1.29 is 14.3 Å². The standard InChI is InChI=1S/C16H18ClNO3S2/c1-5-18-15(19)13(23-16(18)22)8-10-6-11(17)14(21-9(2)3)12(7-10)20-4/h6-9H,5H2,1-4H3/b13-8+. The Kier molecular flexibility index (Phi) is 5.95. The number of carbonyl (C=O) groups is 1. The number of carbonyl (C=O) groups excluding carboxylic acids is 1. The van der Waals surface area contributed by atoms with E-state index in [1.54, 1.807) is 30.2 Å². The summed E-state index contributed by atoms with van der Waals surface area (Å²) in [5.41, 5.74) is 0.763. The van der Waals surface area contributed by atoms with Crippen molar-refractivity contribution in [2.24, 2.45) is 0 Å². The minimum absolute atomic E-state index is 0.0203. The van der Waals surface area contributed by atoms with E-state index >= 15 is 0 Å². The van der Waals surface area contributed by atoms with Crippen LogP contribution in [0.3, 0.4) is 0 Å². The molecule has 1 aromatic carbocycles. The first-order valence-electron chi connectivity index (χ1n) is 7.16. The first-order chi connectivity index (χ1) is 10.9. The summed E-state index contributed by atoms with van der Waals surface area (Å²) in [6, 6.07) is 3.54. The molecule has 0 N–H and O–H groups in total. The van der Waals surface area contributed by atoms with Gasteiger partial charge in [0.05, 0.1) is 23.1 Å². The van der Waals surface area contributed by atoms with Crippen LogP contribution in [0.2, 0.25) is 5.02 Å². The lowest BCUT2D eigenvalue weighted by Crippen LogP contribution is -2.27. The molecule has 0 saturated carbocycles. The second-order valence-corrected chi connectivity index (χ2v) is 7.21. The number of nitrogens with zero attached hydrogens (tertiary/aromatic N) is 1. The van der Waals surface area contributed by atoms with Crippen molar-refractivity contribution in [3.05, 3.63) is 27.6 Å². The molecule has 0 spiro atoms. The van der Waals surface area contributed by atoms with Crippen LogP contribution in [-0.4, -0.2) is 34.9 Å². The molecule has 1 aliphatic heterocycles. The van der Waals surface area contributed by atoms with Crippen LogP contribution in [-0.2, 0) is 4.79 Å². The van der Waals surface area contributed by atoms with Gasteiger partial charge in [0.15, 0.2) is 11.5 Å². The highest BCUT2D eigenvalue weighted by atomic mass is 35.5. The SMILES string of the molecule is CCN1C(=O)/C(=C\c2cc(Cl)c(OC(C)C)c(OC)c2)SC1=S. The summed E-state index contributed by atoms with van der Waals surface area (Å²) in [4.78, 5) is 14.4. The predicted octanol–water partition coefficient (Wildman–Crippen LogP) is 4.36. The van der Waals surface area contributed by atoms with Crippen molar-refractivity contribution >= 4 is 51.9 Å². The number of methoxy groups -OCH3 is 1. The molecule has 0 aromatic heterocycles. The number of rotatable bonds is 5. The van der Waals surface area contributed by atoms with E-state index in [9.17, 15) is 4.79 Å². The molecule has 0 radical (unpaired) electrons.